The summed E-state index contributed by atoms with van der Waals surface area (Å²) in [5.74, 6) is 0. The second-order valence-corrected chi connectivity index (χ2v) is 2.42. The van der Waals surface area contributed by atoms with Gasteiger partial charge in [0.05, 0.1) is 12.3 Å². The lowest BCUT2D eigenvalue weighted by atomic mass is 10.3. The smallest absolute Gasteiger partial charge is 0.125 e. The van der Waals surface area contributed by atoms with Crippen LogP contribution in [-0.4, -0.2) is 16.4 Å². The van der Waals surface area contributed by atoms with Crippen LogP contribution in [-0.2, 0) is 11.3 Å². The molecule has 0 aromatic carbocycles. The number of nitrogens with zero attached hydrogens (tertiary/aromatic N) is 2. The van der Waals surface area contributed by atoms with Crippen LogP contribution in [0.2, 0.25) is 0 Å². The molecule has 2 rings (SSSR count). The van der Waals surface area contributed by atoms with E-state index < -0.39 is 0 Å². The summed E-state index contributed by atoms with van der Waals surface area (Å²) in [6.07, 6.45) is 2.28. The van der Waals surface area contributed by atoms with Crippen molar-refractivity contribution in [2.75, 3.05) is 6.61 Å². The van der Waals surface area contributed by atoms with Crippen molar-refractivity contribution in [3.63, 3.8) is 0 Å². The zero-order valence-corrected chi connectivity index (χ0v) is 5.95. The van der Waals surface area contributed by atoms with Gasteiger partial charge in [0.2, 0.25) is 0 Å². The SMILES string of the molecule is CCn1ccc([C@@H]2CO2)n1. The molecule has 10 heavy (non-hydrogen) atoms. The molecule has 3 nitrogen and oxygen atoms in total. The minimum Gasteiger partial charge on any atom is -0.366 e. The standard InChI is InChI=1S/C7H10N2O/c1-2-9-4-3-6(8-9)7-5-10-7/h3-4,7H,2,5H2,1H3/t7-/m0/s1. The van der Waals surface area contributed by atoms with Gasteiger partial charge in [-0.2, -0.15) is 5.10 Å². The quantitative estimate of drug-likeness (QED) is 0.570. The van der Waals surface area contributed by atoms with Crippen molar-refractivity contribution < 1.29 is 4.74 Å². The summed E-state index contributed by atoms with van der Waals surface area (Å²) < 4.78 is 6.99. The second-order valence-electron chi connectivity index (χ2n) is 2.42. The van der Waals surface area contributed by atoms with E-state index in [0.29, 0.717) is 6.10 Å². The van der Waals surface area contributed by atoms with Crippen LogP contribution in [0.1, 0.15) is 18.7 Å². The van der Waals surface area contributed by atoms with Crippen molar-refractivity contribution in [3.8, 4) is 0 Å². The minimum absolute atomic E-state index is 0.299. The molecule has 0 bridgehead atoms. The summed E-state index contributed by atoms with van der Waals surface area (Å²) >= 11 is 0. The molecule has 1 aromatic heterocycles. The monoisotopic (exact) mass is 138 g/mol. The molecular formula is C7H10N2O. The summed E-state index contributed by atoms with van der Waals surface area (Å²) in [6.45, 7) is 3.86. The zero-order chi connectivity index (χ0) is 6.97. The highest BCUT2D eigenvalue weighted by Gasteiger charge is 2.26. The van der Waals surface area contributed by atoms with E-state index in [1.54, 1.807) is 0 Å². The fourth-order valence-electron chi connectivity index (χ4n) is 0.944. The molecule has 0 aliphatic carbocycles. The lowest BCUT2D eigenvalue weighted by molar-refractivity contribution is 0.409. The van der Waals surface area contributed by atoms with Gasteiger partial charge >= 0.3 is 0 Å². The normalized spacial score (nSPS) is 23.1. The first-order chi connectivity index (χ1) is 4.90. The van der Waals surface area contributed by atoms with Crippen LogP contribution in [0.15, 0.2) is 12.3 Å². The van der Waals surface area contributed by atoms with Crippen LogP contribution in [0.25, 0.3) is 0 Å². The number of aromatic nitrogens is 2. The van der Waals surface area contributed by atoms with Crippen molar-refractivity contribution >= 4 is 0 Å². The fraction of sp³-hybridized carbons (Fsp3) is 0.571. The van der Waals surface area contributed by atoms with Crippen LogP contribution < -0.4 is 0 Å². The largest absolute Gasteiger partial charge is 0.366 e. The number of aryl methyl sites for hydroxylation is 1. The summed E-state index contributed by atoms with van der Waals surface area (Å²) in [6, 6.07) is 2.02. The summed E-state index contributed by atoms with van der Waals surface area (Å²) in [4.78, 5) is 0. The molecule has 0 amide bonds. The average molecular weight is 138 g/mol. The molecule has 2 heterocycles. The Morgan fingerprint density at radius 2 is 2.70 bits per heavy atom. The van der Waals surface area contributed by atoms with Gasteiger partial charge in [0.15, 0.2) is 0 Å². The molecule has 1 fully saturated rings. The topological polar surface area (TPSA) is 30.4 Å². The van der Waals surface area contributed by atoms with E-state index >= 15 is 0 Å². The van der Waals surface area contributed by atoms with Crippen molar-refractivity contribution in [1.82, 2.24) is 9.78 Å². The summed E-state index contributed by atoms with van der Waals surface area (Å²) in [5.41, 5.74) is 1.07. The highest BCUT2D eigenvalue weighted by Crippen LogP contribution is 2.27. The van der Waals surface area contributed by atoms with Crippen LogP contribution >= 0.6 is 0 Å². The van der Waals surface area contributed by atoms with Crippen molar-refractivity contribution in [2.24, 2.45) is 0 Å². The number of rotatable bonds is 2. The maximum atomic E-state index is 5.08. The third kappa shape index (κ3) is 0.926. The van der Waals surface area contributed by atoms with Gasteiger partial charge < -0.3 is 4.74 Å². The Bertz CT molecular complexity index is 227. The van der Waals surface area contributed by atoms with Crippen LogP contribution in [0.5, 0.6) is 0 Å². The highest BCUT2D eigenvalue weighted by atomic mass is 16.6. The van der Waals surface area contributed by atoms with Gasteiger partial charge in [-0.05, 0) is 13.0 Å². The first-order valence-corrected chi connectivity index (χ1v) is 3.55. The summed E-state index contributed by atoms with van der Waals surface area (Å²) in [5, 5.41) is 4.28. The van der Waals surface area contributed by atoms with Crippen LogP contribution in [0.4, 0.5) is 0 Å². The zero-order valence-electron chi connectivity index (χ0n) is 5.95. The molecule has 3 heteroatoms. The van der Waals surface area contributed by atoms with Gasteiger partial charge in [0.25, 0.3) is 0 Å². The minimum atomic E-state index is 0.299. The van der Waals surface area contributed by atoms with Crippen LogP contribution in [0.3, 0.4) is 0 Å². The molecule has 1 aliphatic rings. The number of hydrogen-bond acceptors (Lipinski definition) is 2. The van der Waals surface area contributed by atoms with Crippen molar-refractivity contribution in [2.45, 2.75) is 19.6 Å². The molecule has 1 atom stereocenters. The van der Waals surface area contributed by atoms with Gasteiger partial charge in [-0.3, -0.25) is 4.68 Å². The molecule has 1 aromatic rings. The maximum Gasteiger partial charge on any atom is 0.125 e. The van der Waals surface area contributed by atoms with Crippen molar-refractivity contribution in [3.05, 3.63) is 18.0 Å². The number of ether oxygens (including phenoxy) is 1. The Morgan fingerprint density at radius 1 is 1.90 bits per heavy atom. The van der Waals surface area contributed by atoms with Gasteiger partial charge in [0, 0.05) is 12.7 Å². The van der Waals surface area contributed by atoms with Crippen molar-refractivity contribution in [1.29, 1.82) is 0 Å². The Hall–Kier alpha value is -0.830. The molecule has 0 unspecified atom stereocenters. The highest BCUT2D eigenvalue weighted by molar-refractivity contribution is 5.07. The van der Waals surface area contributed by atoms with E-state index in [2.05, 4.69) is 12.0 Å². The van der Waals surface area contributed by atoms with Gasteiger partial charge in [0.1, 0.15) is 6.10 Å². The molecule has 54 valence electrons. The van der Waals surface area contributed by atoms with E-state index in [-0.39, 0.29) is 0 Å². The predicted molar refractivity (Wildman–Crippen MR) is 36.6 cm³/mol. The first-order valence-electron chi connectivity index (χ1n) is 3.55. The van der Waals surface area contributed by atoms with E-state index in [0.717, 1.165) is 18.8 Å². The fourth-order valence-corrected chi connectivity index (χ4v) is 0.944. The predicted octanol–water partition coefficient (Wildman–Crippen LogP) is 0.974. The first kappa shape index (κ1) is 5.92. The van der Waals surface area contributed by atoms with Gasteiger partial charge in [-0.25, -0.2) is 0 Å². The van der Waals surface area contributed by atoms with Crippen LogP contribution in [0, 0.1) is 0 Å². The maximum absolute atomic E-state index is 5.08. The van der Waals surface area contributed by atoms with Gasteiger partial charge in [-0.15, -0.1) is 0 Å². The lowest BCUT2D eigenvalue weighted by Crippen LogP contribution is -1.94. The molecule has 1 saturated heterocycles. The van der Waals surface area contributed by atoms with E-state index in [4.69, 9.17) is 4.74 Å². The summed E-state index contributed by atoms with van der Waals surface area (Å²) in [7, 11) is 0. The Morgan fingerprint density at radius 3 is 3.20 bits per heavy atom. The molecular weight excluding hydrogens is 128 g/mol. The Kier molecular flexibility index (Phi) is 1.24. The van der Waals surface area contributed by atoms with E-state index in [9.17, 15) is 0 Å². The molecule has 0 radical (unpaired) electrons. The molecule has 0 saturated carbocycles. The Balaban J connectivity index is 2.19. The number of hydrogen-bond donors (Lipinski definition) is 0. The number of epoxide rings is 1. The third-order valence-electron chi connectivity index (χ3n) is 1.65. The van der Waals surface area contributed by atoms with Gasteiger partial charge in [-0.1, -0.05) is 0 Å². The van der Waals surface area contributed by atoms with E-state index in [1.165, 1.54) is 0 Å². The average Bonchev–Trinajstić information content (AvgIpc) is 2.70. The molecule has 0 N–H and O–H groups in total. The molecule has 1 aliphatic heterocycles. The Labute approximate surface area is 59.6 Å². The second kappa shape index (κ2) is 2.09. The van der Waals surface area contributed by atoms with E-state index in [1.807, 2.05) is 16.9 Å². The lowest BCUT2D eigenvalue weighted by Gasteiger charge is -1.90. The molecule has 0 spiro atoms. The third-order valence-corrected chi connectivity index (χ3v) is 1.65.